The molecule has 112 valence electrons. The van der Waals surface area contributed by atoms with Crippen molar-refractivity contribution < 1.29 is 9.59 Å². The fourth-order valence-electron chi connectivity index (χ4n) is 2.47. The minimum absolute atomic E-state index is 0.0977. The zero-order chi connectivity index (χ0) is 15.5. The Bertz CT molecular complexity index is 706. The van der Waals surface area contributed by atoms with Gasteiger partial charge in [-0.05, 0) is 24.3 Å². The number of nitrogens with zero attached hydrogens (tertiary/aromatic N) is 2. The monoisotopic (exact) mass is 315 g/mol. The lowest BCUT2D eigenvalue weighted by molar-refractivity contribution is -0.122. The fraction of sp³-hybridized carbons (Fsp3) is 0.188. The Hall–Kier alpha value is -2.40. The molecule has 0 unspecified atom stereocenters. The van der Waals surface area contributed by atoms with Crippen LogP contribution in [0.25, 0.3) is 0 Å². The van der Waals surface area contributed by atoms with Gasteiger partial charge in [-0.25, -0.2) is 0 Å². The van der Waals surface area contributed by atoms with Crippen LogP contribution in [-0.4, -0.2) is 23.3 Å². The second kappa shape index (κ2) is 6.15. The molecule has 3 rings (SSSR count). The van der Waals surface area contributed by atoms with E-state index in [2.05, 4.69) is 10.3 Å². The molecule has 2 aromatic rings. The molecule has 1 N–H and O–H groups in total. The number of para-hydroxylation sites is 1. The Morgan fingerprint density at radius 2 is 2.09 bits per heavy atom. The van der Waals surface area contributed by atoms with Crippen LogP contribution >= 0.6 is 11.6 Å². The number of rotatable bonds is 3. The van der Waals surface area contributed by atoms with Gasteiger partial charge in [-0.15, -0.1) is 0 Å². The van der Waals surface area contributed by atoms with Crippen LogP contribution in [0.1, 0.15) is 6.42 Å². The number of pyridine rings is 1. The van der Waals surface area contributed by atoms with Gasteiger partial charge in [0.2, 0.25) is 11.8 Å². The summed E-state index contributed by atoms with van der Waals surface area (Å²) in [6.45, 7) is 0.328. The Labute approximate surface area is 132 Å². The Morgan fingerprint density at radius 3 is 2.82 bits per heavy atom. The zero-order valence-electron chi connectivity index (χ0n) is 11.7. The van der Waals surface area contributed by atoms with E-state index >= 15 is 0 Å². The molecular weight excluding hydrogens is 302 g/mol. The molecule has 22 heavy (non-hydrogen) atoms. The van der Waals surface area contributed by atoms with Crippen LogP contribution in [0.3, 0.4) is 0 Å². The third-order valence-electron chi connectivity index (χ3n) is 3.57. The molecule has 1 aromatic carbocycles. The summed E-state index contributed by atoms with van der Waals surface area (Å²) in [6, 6.07) is 10.6. The average Bonchev–Trinajstić information content (AvgIpc) is 2.91. The van der Waals surface area contributed by atoms with Crippen molar-refractivity contribution >= 4 is 34.8 Å². The van der Waals surface area contributed by atoms with Crippen LogP contribution in [0.4, 0.5) is 11.4 Å². The predicted octanol–water partition coefficient (Wildman–Crippen LogP) is 2.73. The highest BCUT2D eigenvalue weighted by Gasteiger charge is 2.35. The van der Waals surface area contributed by atoms with Crippen molar-refractivity contribution in [1.29, 1.82) is 0 Å². The van der Waals surface area contributed by atoms with Crippen molar-refractivity contribution in [3.63, 3.8) is 0 Å². The van der Waals surface area contributed by atoms with Crippen LogP contribution in [0.15, 0.2) is 48.8 Å². The van der Waals surface area contributed by atoms with Crippen LogP contribution < -0.4 is 10.2 Å². The molecule has 1 atom stereocenters. The lowest BCUT2D eigenvalue weighted by Gasteiger charge is -2.18. The molecule has 0 bridgehead atoms. The molecule has 0 saturated carbocycles. The molecule has 1 aromatic heterocycles. The highest BCUT2D eigenvalue weighted by molar-refractivity contribution is 6.33. The first-order chi connectivity index (χ1) is 10.6. The summed E-state index contributed by atoms with van der Waals surface area (Å²) in [7, 11) is 0. The van der Waals surface area contributed by atoms with Gasteiger partial charge in [0, 0.05) is 19.2 Å². The first-order valence-corrected chi connectivity index (χ1v) is 7.29. The van der Waals surface area contributed by atoms with E-state index in [4.69, 9.17) is 11.6 Å². The SMILES string of the molecule is O=C(Nc1cccnc1)[C@@H]1CC(=O)N(c2ccccc2Cl)C1. The van der Waals surface area contributed by atoms with E-state index in [0.717, 1.165) is 0 Å². The number of anilines is 2. The fourth-order valence-corrected chi connectivity index (χ4v) is 2.71. The maximum atomic E-state index is 12.3. The van der Waals surface area contributed by atoms with E-state index in [0.29, 0.717) is 22.9 Å². The molecule has 1 saturated heterocycles. The third-order valence-corrected chi connectivity index (χ3v) is 3.89. The molecule has 0 spiro atoms. The van der Waals surface area contributed by atoms with Gasteiger partial charge in [-0.3, -0.25) is 14.6 Å². The lowest BCUT2D eigenvalue weighted by Crippen LogP contribution is -2.28. The van der Waals surface area contributed by atoms with E-state index < -0.39 is 5.92 Å². The number of carbonyl (C=O) groups is 2. The predicted molar refractivity (Wildman–Crippen MR) is 84.8 cm³/mol. The normalized spacial score (nSPS) is 17.6. The zero-order valence-corrected chi connectivity index (χ0v) is 12.5. The largest absolute Gasteiger partial charge is 0.324 e. The van der Waals surface area contributed by atoms with Crippen molar-refractivity contribution in [2.24, 2.45) is 5.92 Å². The summed E-state index contributed by atoms with van der Waals surface area (Å²) in [5, 5.41) is 3.28. The second-order valence-corrected chi connectivity index (χ2v) is 5.49. The topological polar surface area (TPSA) is 62.3 Å². The highest BCUT2D eigenvalue weighted by atomic mass is 35.5. The van der Waals surface area contributed by atoms with Crippen molar-refractivity contribution in [3.8, 4) is 0 Å². The van der Waals surface area contributed by atoms with Crippen molar-refractivity contribution in [1.82, 2.24) is 4.98 Å². The molecule has 2 amide bonds. The summed E-state index contributed by atoms with van der Waals surface area (Å²) in [4.78, 5) is 29.9. The number of aromatic nitrogens is 1. The number of halogens is 1. The molecule has 1 aliphatic rings. The number of hydrogen-bond donors (Lipinski definition) is 1. The van der Waals surface area contributed by atoms with Gasteiger partial charge in [-0.2, -0.15) is 0 Å². The Balaban J connectivity index is 1.72. The van der Waals surface area contributed by atoms with Gasteiger partial charge in [0.25, 0.3) is 0 Å². The number of nitrogens with one attached hydrogen (secondary N) is 1. The second-order valence-electron chi connectivity index (χ2n) is 5.09. The smallest absolute Gasteiger partial charge is 0.229 e. The Kier molecular flexibility index (Phi) is 4.06. The first-order valence-electron chi connectivity index (χ1n) is 6.91. The van der Waals surface area contributed by atoms with E-state index in [9.17, 15) is 9.59 Å². The minimum Gasteiger partial charge on any atom is -0.324 e. The average molecular weight is 316 g/mol. The summed E-state index contributed by atoms with van der Waals surface area (Å²) in [6.07, 6.45) is 3.38. The number of hydrogen-bond acceptors (Lipinski definition) is 3. The van der Waals surface area contributed by atoms with E-state index in [1.54, 1.807) is 47.6 Å². The molecule has 2 heterocycles. The molecular formula is C16H14ClN3O2. The third kappa shape index (κ3) is 2.94. The number of benzene rings is 1. The molecule has 6 heteroatoms. The lowest BCUT2D eigenvalue weighted by atomic mass is 10.1. The molecule has 0 aliphatic carbocycles. The number of carbonyl (C=O) groups excluding carboxylic acids is 2. The maximum absolute atomic E-state index is 12.3. The first kappa shape index (κ1) is 14.5. The molecule has 0 radical (unpaired) electrons. The van der Waals surface area contributed by atoms with E-state index in [1.165, 1.54) is 0 Å². The van der Waals surface area contributed by atoms with Crippen molar-refractivity contribution in [2.45, 2.75) is 6.42 Å². The van der Waals surface area contributed by atoms with E-state index in [1.807, 2.05) is 6.07 Å². The van der Waals surface area contributed by atoms with Gasteiger partial charge in [0.15, 0.2) is 0 Å². The van der Waals surface area contributed by atoms with Gasteiger partial charge >= 0.3 is 0 Å². The van der Waals surface area contributed by atoms with Gasteiger partial charge in [0.05, 0.1) is 28.5 Å². The quantitative estimate of drug-likeness (QED) is 0.947. The van der Waals surface area contributed by atoms with Gasteiger partial charge in [0.1, 0.15) is 0 Å². The summed E-state index contributed by atoms with van der Waals surface area (Å²) >= 11 is 6.12. The summed E-state index contributed by atoms with van der Waals surface area (Å²) < 4.78 is 0. The molecule has 5 nitrogen and oxygen atoms in total. The van der Waals surface area contributed by atoms with Crippen molar-refractivity contribution in [2.75, 3.05) is 16.8 Å². The van der Waals surface area contributed by atoms with Crippen LogP contribution in [0.2, 0.25) is 5.02 Å². The van der Waals surface area contributed by atoms with Crippen LogP contribution in [0, 0.1) is 5.92 Å². The standard InChI is InChI=1S/C16H14ClN3O2/c17-13-5-1-2-6-14(13)20-10-11(8-15(20)21)16(22)19-12-4-3-7-18-9-12/h1-7,9,11H,8,10H2,(H,19,22)/t11-/m1/s1. The van der Waals surface area contributed by atoms with Gasteiger partial charge in [-0.1, -0.05) is 23.7 Å². The summed E-state index contributed by atoms with van der Waals surface area (Å²) in [5.74, 6) is -0.681. The number of amides is 2. The van der Waals surface area contributed by atoms with E-state index in [-0.39, 0.29) is 18.2 Å². The maximum Gasteiger partial charge on any atom is 0.229 e. The summed E-state index contributed by atoms with van der Waals surface area (Å²) in [5.41, 5.74) is 1.27. The molecule has 1 fully saturated rings. The van der Waals surface area contributed by atoms with Crippen LogP contribution in [-0.2, 0) is 9.59 Å². The van der Waals surface area contributed by atoms with Crippen LogP contribution in [0.5, 0.6) is 0 Å². The highest BCUT2D eigenvalue weighted by Crippen LogP contribution is 2.31. The minimum atomic E-state index is -0.399. The van der Waals surface area contributed by atoms with Gasteiger partial charge < -0.3 is 10.2 Å². The molecule has 1 aliphatic heterocycles. The Morgan fingerprint density at radius 1 is 1.27 bits per heavy atom. The van der Waals surface area contributed by atoms with Crippen molar-refractivity contribution in [3.05, 3.63) is 53.8 Å².